The molecule has 0 radical (unpaired) electrons. The Labute approximate surface area is 181 Å². The molecule has 0 bridgehead atoms. The molecule has 2 aromatic rings. The lowest BCUT2D eigenvalue weighted by Crippen LogP contribution is -3.00. The average molecular weight is 451 g/mol. The highest BCUT2D eigenvalue weighted by molar-refractivity contribution is 7.94. The van der Waals surface area contributed by atoms with Gasteiger partial charge in [0.05, 0.1) is 0 Å². The Kier molecular flexibility index (Phi) is 5.70. The Bertz CT molecular complexity index is 1020. The summed E-state index contributed by atoms with van der Waals surface area (Å²) in [5, 5.41) is -1.07. The maximum atomic E-state index is 13.2. The number of sulfone groups is 1. The van der Waals surface area contributed by atoms with E-state index in [1.165, 1.54) is 13.8 Å². The van der Waals surface area contributed by atoms with Gasteiger partial charge in [0.2, 0.25) is 0 Å². The van der Waals surface area contributed by atoms with Gasteiger partial charge in [-0.15, -0.1) is 0 Å². The van der Waals surface area contributed by atoms with Crippen molar-refractivity contribution in [3.63, 3.8) is 0 Å². The highest BCUT2D eigenvalue weighted by atomic mass is 35.5. The van der Waals surface area contributed by atoms with Crippen molar-refractivity contribution < 1.29 is 40.9 Å². The van der Waals surface area contributed by atoms with E-state index in [1.807, 2.05) is 60.7 Å². The van der Waals surface area contributed by atoms with Gasteiger partial charge in [-0.2, -0.15) is 0 Å². The second kappa shape index (κ2) is 7.68. The molecule has 30 heavy (non-hydrogen) atoms. The fraction of sp³-hybridized carbons (Fsp3) is 0.333. The summed E-state index contributed by atoms with van der Waals surface area (Å²) in [6.45, 7) is 2.93. The van der Waals surface area contributed by atoms with Crippen molar-refractivity contribution in [3.8, 4) is 0 Å². The number of carbonyl (C=O) groups is 2. The van der Waals surface area contributed by atoms with E-state index in [4.69, 9.17) is 4.74 Å². The van der Waals surface area contributed by atoms with Crippen molar-refractivity contribution in [2.75, 3.05) is 0 Å². The lowest BCUT2D eigenvalue weighted by molar-refractivity contribution is -0.425. The summed E-state index contributed by atoms with van der Waals surface area (Å²) in [5.41, 5.74) is 5.17. The standard InChI is InChI=1S/C21H22N2O5S.ClH/c1-21(2)17(23-18(24)15(22)19(23)29(21,26)27)20(25)28-16(13-9-5-3-6-10-13)14-11-7-4-8-12-14;/h3-12,15-17,19H,22H2,1-2H3;1H/t15-,17+,19-;/m1./s1. The molecule has 7 nitrogen and oxygen atoms in total. The van der Waals surface area contributed by atoms with E-state index in [9.17, 15) is 18.0 Å². The molecule has 2 aromatic carbocycles. The second-order valence-electron chi connectivity index (χ2n) is 7.93. The first-order chi connectivity index (χ1) is 13.7. The number of quaternary nitrogens is 1. The third-order valence-electron chi connectivity index (χ3n) is 5.84. The summed E-state index contributed by atoms with van der Waals surface area (Å²) in [5.74, 6) is -1.18. The number of halogens is 1. The second-order valence-corrected chi connectivity index (χ2v) is 10.6. The number of amides is 1. The highest BCUT2D eigenvalue weighted by Crippen LogP contribution is 2.45. The molecule has 2 aliphatic rings. The summed E-state index contributed by atoms with van der Waals surface area (Å²) in [7, 11) is -3.77. The number of hydrogen-bond acceptors (Lipinski definition) is 5. The lowest BCUT2D eigenvalue weighted by Gasteiger charge is -2.38. The van der Waals surface area contributed by atoms with Crippen LogP contribution in [0.1, 0.15) is 31.1 Å². The van der Waals surface area contributed by atoms with E-state index < -0.39 is 50.0 Å². The molecule has 0 aliphatic carbocycles. The molecule has 2 saturated heterocycles. The number of β-lactam (4-membered cyclic amide) rings is 1. The molecule has 1 amide bonds. The fourth-order valence-electron chi connectivity index (χ4n) is 4.15. The topological polar surface area (TPSA) is 108 Å². The minimum Gasteiger partial charge on any atom is -1.00 e. The zero-order chi connectivity index (χ0) is 21.0. The zero-order valence-corrected chi connectivity index (χ0v) is 18.1. The van der Waals surface area contributed by atoms with Crippen LogP contribution in [0.25, 0.3) is 0 Å². The van der Waals surface area contributed by atoms with Crippen molar-refractivity contribution >= 4 is 21.7 Å². The molecule has 3 N–H and O–H groups in total. The van der Waals surface area contributed by atoms with E-state index in [1.54, 1.807) is 0 Å². The molecule has 2 aliphatic heterocycles. The largest absolute Gasteiger partial charge is 1.00 e. The molecule has 0 aromatic heterocycles. The molecule has 9 heteroatoms. The maximum Gasteiger partial charge on any atom is 0.331 e. The van der Waals surface area contributed by atoms with Gasteiger partial charge in [-0.1, -0.05) is 60.7 Å². The normalized spacial score (nSPS) is 25.8. The van der Waals surface area contributed by atoms with Crippen LogP contribution in [0.15, 0.2) is 60.7 Å². The predicted octanol–water partition coefficient (Wildman–Crippen LogP) is -2.32. The summed E-state index contributed by atoms with van der Waals surface area (Å²) in [6.07, 6.45) is -0.714. The van der Waals surface area contributed by atoms with Gasteiger partial charge in [0.15, 0.2) is 33.4 Å². The minimum absolute atomic E-state index is 0. The Morgan fingerprint density at radius 1 is 1.03 bits per heavy atom. The molecular weight excluding hydrogens is 428 g/mol. The van der Waals surface area contributed by atoms with Gasteiger partial charge in [-0.25, -0.2) is 13.2 Å². The number of nitrogens with zero attached hydrogens (tertiary/aromatic N) is 1. The Balaban J connectivity index is 0.00000256. The SMILES string of the molecule is CC1(C)[C@H](C(=O)OC(c2ccccc2)c2ccccc2)N2C(=O)[C@@H]([NH3+])[C@H]2S1(=O)=O.[Cl-]. The number of ether oxygens (including phenoxy) is 1. The van der Waals surface area contributed by atoms with E-state index in [0.717, 1.165) is 16.0 Å². The van der Waals surface area contributed by atoms with Crippen LogP contribution in [0.5, 0.6) is 0 Å². The quantitative estimate of drug-likeness (QED) is 0.415. The minimum atomic E-state index is -3.77. The molecule has 160 valence electrons. The van der Waals surface area contributed by atoms with Crippen molar-refractivity contribution in [1.82, 2.24) is 4.90 Å². The molecule has 0 spiro atoms. The fourth-order valence-corrected chi connectivity index (χ4v) is 6.37. The van der Waals surface area contributed by atoms with E-state index in [2.05, 4.69) is 5.73 Å². The van der Waals surface area contributed by atoms with Gasteiger partial charge >= 0.3 is 5.97 Å². The number of carbonyl (C=O) groups excluding carboxylic acids is 2. The summed E-state index contributed by atoms with van der Waals surface area (Å²) in [4.78, 5) is 26.7. The number of fused-ring (bicyclic) bond motifs is 1. The van der Waals surface area contributed by atoms with Gasteiger partial charge in [-0.05, 0) is 25.0 Å². The van der Waals surface area contributed by atoms with Gasteiger partial charge in [-0.3, -0.25) is 9.69 Å². The van der Waals surface area contributed by atoms with Crippen molar-refractivity contribution in [2.45, 2.75) is 42.2 Å². The summed E-state index contributed by atoms with van der Waals surface area (Å²) < 4.78 is 30.3. The third kappa shape index (κ3) is 3.10. The first kappa shape index (κ1) is 22.3. The molecule has 4 rings (SSSR count). The first-order valence-corrected chi connectivity index (χ1v) is 10.9. The molecular formula is C21H23ClN2O5S. The lowest BCUT2D eigenvalue weighted by atomic mass is 9.96. The Morgan fingerprint density at radius 2 is 1.50 bits per heavy atom. The summed E-state index contributed by atoms with van der Waals surface area (Å²) in [6, 6.07) is 16.3. The molecule has 2 fully saturated rings. The van der Waals surface area contributed by atoms with E-state index >= 15 is 0 Å². The number of benzene rings is 2. The molecule has 0 unspecified atom stereocenters. The number of rotatable bonds is 4. The van der Waals surface area contributed by atoms with Crippen LogP contribution < -0.4 is 18.1 Å². The molecule has 0 saturated carbocycles. The number of esters is 1. The van der Waals surface area contributed by atoms with Crippen LogP contribution in [0.3, 0.4) is 0 Å². The van der Waals surface area contributed by atoms with Crippen LogP contribution >= 0.6 is 0 Å². The van der Waals surface area contributed by atoms with Crippen LogP contribution in [-0.4, -0.2) is 47.4 Å². The van der Waals surface area contributed by atoms with Gasteiger partial charge in [0.25, 0.3) is 5.91 Å². The predicted molar refractivity (Wildman–Crippen MR) is 105 cm³/mol. The Hall–Kier alpha value is -2.42. The maximum absolute atomic E-state index is 13.2. The van der Waals surface area contributed by atoms with Crippen LogP contribution in [0, 0.1) is 0 Å². The zero-order valence-electron chi connectivity index (χ0n) is 16.6. The molecule has 3 atom stereocenters. The van der Waals surface area contributed by atoms with Crippen molar-refractivity contribution in [2.24, 2.45) is 0 Å². The Morgan fingerprint density at radius 3 is 1.97 bits per heavy atom. The van der Waals surface area contributed by atoms with Crippen LogP contribution in [-0.2, 0) is 24.2 Å². The van der Waals surface area contributed by atoms with Gasteiger partial charge in [0, 0.05) is 0 Å². The number of hydrogen-bond donors (Lipinski definition) is 1. The van der Waals surface area contributed by atoms with Crippen molar-refractivity contribution in [1.29, 1.82) is 0 Å². The van der Waals surface area contributed by atoms with Gasteiger partial charge in [0.1, 0.15) is 4.75 Å². The summed E-state index contributed by atoms with van der Waals surface area (Å²) >= 11 is 0. The molecule has 2 heterocycles. The van der Waals surface area contributed by atoms with E-state index in [-0.39, 0.29) is 12.4 Å². The highest BCUT2D eigenvalue weighted by Gasteiger charge is 2.73. The van der Waals surface area contributed by atoms with E-state index in [0.29, 0.717) is 0 Å². The van der Waals surface area contributed by atoms with Crippen LogP contribution in [0.2, 0.25) is 0 Å². The first-order valence-electron chi connectivity index (χ1n) is 9.37. The van der Waals surface area contributed by atoms with Crippen LogP contribution in [0.4, 0.5) is 0 Å². The van der Waals surface area contributed by atoms with Gasteiger partial charge < -0.3 is 22.9 Å². The third-order valence-corrected chi connectivity index (χ3v) is 8.72. The van der Waals surface area contributed by atoms with Crippen molar-refractivity contribution in [3.05, 3.63) is 71.8 Å². The monoisotopic (exact) mass is 450 g/mol. The average Bonchev–Trinajstić information content (AvgIpc) is 2.87. The smallest absolute Gasteiger partial charge is 0.331 e.